The van der Waals surface area contributed by atoms with E-state index in [-0.39, 0.29) is 71.0 Å². The molecule has 6 nitrogen and oxygen atoms in total. The Morgan fingerprint density at radius 3 is 0.832 bits per heavy atom. The summed E-state index contributed by atoms with van der Waals surface area (Å²) in [4.78, 5) is 0. The predicted octanol–water partition coefficient (Wildman–Crippen LogP) is 26.9. The first kappa shape index (κ1) is 82.5. The third-order valence-corrected chi connectivity index (χ3v) is 43.6. The summed E-state index contributed by atoms with van der Waals surface area (Å²) in [5, 5.41) is 3.94. The Balaban J connectivity index is 0.000000783. The van der Waals surface area contributed by atoms with Crippen molar-refractivity contribution in [2.45, 2.75) is 261 Å². The van der Waals surface area contributed by atoms with E-state index in [1.165, 1.54) is 122 Å². The minimum Gasteiger partial charge on any atom is -0.325 e. The van der Waals surface area contributed by atoms with Crippen molar-refractivity contribution in [3.63, 3.8) is 0 Å². The van der Waals surface area contributed by atoms with Gasteiger partial charge >= 0.3 is 0 Å². The minimum atomic E-state index is -3.34. The maximum atomic E-state index is 7.27. The Bertz CT molecular complexity index is 4820. The van der Waals surface area contributed by atoms with Gasteiger partial charge in [-0.1, -0.05) is 347 Å². The average Bonchev–Trinajstić information content (AvgIpc) is 1.60. The van der Waals surface area contributed by atoms with Crippen LogP contribution in [0.5, 0.6) is 0 Å². The van der Waals surface area contributed by atoms with Gasteiger partial charge < -0.3 is 4.23 Å². The summed E-state index contributed by atoms with van der Waals surface area (Å²) in [6.45, 7) is 57.7. The van der Waals surface area contributed by atoms with Crippen molar-refractivity contribution in [2.24, 2.45) is 0 Å². The van der Waals surface area contributed by atoms with Gasteiger partial charge in [-0.2, -0.15) is 0 Å². The smallest absolute Gasteiger partial charge is 0.231 e. The molecule has 0 spiro atoms. The van der Waals surface area contributed by atoms with Crippen LogP contribution < -0.4 is 14.9 Å². The lowest BCUT2D eigenvalue weighted by Gasteiger charge is -2.54. The van der Waals surface area contributed by atoms with Crippen LogP contribution in [0.2, 0.25) is 0 Å². The van der Waals surface area contributed by atoms with Crippen molar-refractivity contribution in [1.29, 1.82) is 0 Å². The molecular formula is C95H122N6S4Si2. The molecule has 0 unspecified atom stereocenters. The summed E-state index contributed by atoms with van der Waals surface area (Å²) < 4.78 is 17.3. The number of aromatic nitrogens is 6. The number of aryl methyl sites for hydroxylation is 2. The summed E-state index contributed by atoms with van der Waals surface area (Å²) in [7, 11) is -1.92. The lowest BCUT2D eigenvalue weighted by molar-refractivity contribution is -0.523. The number of para-hydroxylation sites is 5. The standard InChI is InChI=1S/C81H106N6S4Si2.2C7H8/c1-47(2)59-31-25-32-60(48(3)4)73(59)82-43-44-85-81(82)92(90-71-45-83(74-61(49(5)6)33-26-34-62(74)50(7)8)79(88)86(71)76-65(53(13)14)37-28-38-66(76)54(15)16)93(85,78-69(57(21)22)41-30-42-70(78)58(23)24)91-72-46-84(75-63(51(9)10)35-27-36-64(75)52(11)12)80(89)87(72)77-67(55(17)18)39-29-40-68(77)56(19)20;2*1-7-5-3-2-4-6-7/h25-58H,1-24H3;2*2-6H,1H3/t93-;;/m1../s1. The molecule has 0 bridgehead atoms. The third-order valence-electron chi connectivity index (χ3n) is 21.3. The molecule has 1 atom stereocenters. The Hall–Kier alpha value is -7.04. The van der Waals surface area contributed by atoms with E-state index in [1.54, 1.807) is 5.19 Å². The highest BCUT2D eigenvalue weighted by Crippen LogP contribution is 2.48. The zero-order valence-corrected chi connectivity index (χ0v) is 74.5. The molecule has 0 saturated heterocycles. The molecule has 4 heterocycles. The predicted molar refractivity (Wildman–Crippen MR) is 474 cm³/mol. The minimum absolute atomic E-state index is 0.231. The largest absolute Gasteiger partial charge is 0.325 e. The molecule has 1 aliphatic rings. The van der Waals surface area contributed by atoms with Gasteiger partial charge in [-0.3, -0.25) is 29.5 Å². The van der Waals surface area contributed by atoms with Crippen LogP contribution in [0.1, 0.15) is 315 Å². The highest BCUT2D eigenvalue weighted by atomic mass is 32.4. The summed E-state index contributed by atoms with van der Waals surface area (Å²) in [5.41, 5.74) is 26.4. The molecule has 0 aliphatic carbocycles. The third kappa shape index (κ3) is 16.6. The maximum absolute atomic E-state index is 7.27. The van der Waals surface area contributed by atoms with E-state index in [1.807, 2.05) is 36.4 Å². The van der Waals surface area contributed by atoms with Gasteiger partial charge in [0.05, 0.1) is 38.2 Å². The normalized spacial score (nSPS) is 13.8. The van der Waals surface area contributed by atoms with Gasteiger partial charge in [0.25, 0.3) is 0 Å². The molecule has 0 amide bonds. The molecule has 8 aromatic carbocycles. The molecule has 12 heteroatoms. The van der Waals surface area contributed by atoms with E-state index < -0.39 is 14.4 Å². The number of benzene rings is 8. The van der Waals surface area contributed by atoms with Gasteiger partial charge in [-0.05, 0) is 178 Å². The number of imidazole rings is 3. The van der Waals surface area contributed by atoms with Crippen molar-refractivity contribution >= 4 is 71.9 Å². The second-order valence-corrected chi connectivity index (χ2v) is 48.8. The van der Waals surface area contributed by atoms with Gasteiger partial charge in [0.15, 0.2) is 9.54 Å². The fraction of sp³-hybridized carbons (Fsp3) is 0.400. The number of rotatable bonds is 22. The molecule has 107 heavy (non-hydrogen) atoms. The van der Waals surface area contributed by atoms with Gasteiger partial charge in [0, 0.05) is 23.5 Å². The van der Waals surface area contributed by atoms with Crippen LogP contribution in [-0.2, 0) is 0 Å². The van der Waals surface area contributed by atoms with E-state index in [9.17, 15) is 0 Å². The van der Waals surface area contributed by atoms with Gasteiger partial charge in [0.2, 0.25) is 6.90 Å². The summed E-state index contributed by atoms with van der Waals surface area (Å²) in [5.74, 6) is 3.04. The van der Waals surface area contributed by atoms with Crippen LogP contribution in [0.25, 0.3) is 28.4 Å². The second kappa shape index (κ2) is 34.9. The monoisotopic (exact) mass is 1530 g/mol. The van der Waals surface area contributed by atoms with Crippen LogP contribution in [0, 0.1) is 23.4 Å². The first-order valence-corrected chi connectivity index (χ1v) is 48.0. The fourth-order valence-electron chi connectivity index (χ4n) is 15.7. The zero-order chi connectivity index (χ0) is 77.9. The van der Waals surface area contributed by atoms with Gasteiger partial charge in [-0.15, -0.1) is 11.2 Å². The highest BCUT2D eigenvalue weighted by molar-refractivity contribution is 8.49. The Morgan fingerprint density at radius 2 is 0.561 bits per heavy atom. The molecule has 0 fully saturated rings. The van der Waals surface area contributed by atoms with Crippen LogP contribution in [0.3, 0.4) is 0 Å². The van der Waals surface area contributed by atoms with Crippen molar-refractivity contribution in [2.75, 3.05) is 0 Å². The molecule has 3 aromatic heterocycles. The molecule has 11 aromatic rings. The van der Waals surface area contributed by atoms with Crippen molar-refractivity contribution in [3.8, 4) is 28.4 Å². The Kier molecular flexibility index (Phi) is 26.9. The molecular weight excluding hydrogens is 1410 g/mol. The van der Waals surface area contributed by atoms with E-state index >= 15 is 0 Å². The molecule has 0 saturated carbocycles. The zero-order valence-electron chi connectivity index (χ0n) is 69.2. The Labute approximate surface area is 665 Å². The average molecular weight is 1530 g/mol. The fourth-order valence-corrected chi connectivity index (χ4v) is 41.7. The molecule has 0 N–H and O–H groups in total. The first-order chi connectivity index (χ1) is 50.8. The van der Waals surface area contributed by atoms with E-state index in [2.05, 4.69) is 388 Å². The van der Waals surface area contributed by atoms with E-state index in [0.29, 0.717) is 0 Å². The maximum Gasteiger partial charge on any atom is 0.231 e. The summed E-state index contributed by atoms with van der Waals surface area (Å²) in [6.07, 6.45) is 10.0. The van der Waals surface area contributed by atoms with Crippen LogP contribution in [0.15, 0.2) is 205 Å². The molecule has 1 aliphatic heterocycles. The lowest BCUT2D eigenvalue weighted by Crippen LogP contribution is -2.96. The van der Waals surface area contributed by atoms with Gasteiger partial charge in [-0.25, -0.2) is 4.57 Å². The molecule has 564 valence electrons. The Morgan fingerprint density at radius 1 is 0.308 bits per heavy atom. The number of hydrogen-bond donors (Lipinski definition) is 0. The lowest BCUT2D eigenvalue weighted by atomic mass is 9.92. The SMILES string of the molecule is CC(C)c1cccc(C(C)C)c1-n1cc[n+]2c1[Si-](Sc1cn(-c3c(C(C)C)cccc3C(C)C)c(=S)n1-c1c(C(C)C)cccc1C(C)C)[Si@]2(Sc1cn(-c2c(C(C)C)cccc2C(C)C)c(=S)n1-c1c(C(C)C)cccc1C(C)C)c1c(C(C)C)cccc1C(C)C.Cc1ccccc1.Cc1ccccc1. The molecule has 12 rings (SSSR count). The first-order valence-electron chi connectivity index (χ1n) is 39.7. The van der Waals surface area contributed by atoms with Crippen molar-refractivity contribution < 1.29 is 4.23 Å². The highest BCUT2D eigenvalue weighted by Gasteiger charge is 2.58. The quantitative estimate of drug-likeness (QED) is 0.0499. The van der Waals surface area contributed by atoms with Crippen LogP contribution in [0.4, 0.5) is 0 Å². The van der Waals surface area contributed by atoms with Crippen LogP contribution >= 0.6 is 46.9 Å². The van der Waals surface area contributed by atoms with E-state index in [0.717, 1.165) is 9.54 Å². The van der Waals surface area contributed by atoms with Crippen molar-refractivity contribution in [1.82, 2.24) is 22.8 Å². The number of fused-ring (bicyclic) bond motifs is 1. The van der Waals surface area contributed by atoms with Crippen molar-refractivity contribution in [3.05, 3.63) is 282 Å². The van der Waals surface area contributed by atoms with E-state index in [4.69, 9.17) is 24.4 Å². The second-order valence-electron chi connectivity index (χ2n) is 33.4. The summed E-state index contributed by atoms with van der Waals surface area (Å²) in [6, 6.07) is 62.9. The molecule has 0 radical (unpaired) electrons. The number of nitrogens with zero attached hydrogens (tertiary/aromatic N) is 6. The van der Waals surface area contributed by atoms with Crippen LogP contribution in [-0.4, -0.2) is 37.2 Å². The summed E-state index contributed by atoms with van der Waals surface area (Å²) >= 11 is 18.9. The number of hydrogen-bond acceptors (Lipinski definition) is 4. The topological polar surface area (TPSA) is 28.5 Å². The van der Waals surface area contributed by atoms with Gasteiger partial charge in [0.1, 0.15) is 18.1 Å².